The normalized spacial score (nSPS) is 15.1. The van der Waals surface area contributed by atoms with E-state index in [1.165, 1.54) is 42.9 Å². The number of aromatic amines is 1. The van der Waals surface area contributed by atoms with Gasteiger partial charge in [0.15, 0.2) is 11.8 Å². The largest absolute Gasteiger partial charge is 0.447 e. The fourth-order valence-electron chi connectivity index (χ4n) is 4.95. The van der Waals surface area contributed by atoms with Gasteiger partial charge >= 0.3 is 18.8 Å². The van der Waals surface area contributed by atoms with Crippen molar-refractivity contribution in [2.24, 2.45) is 16.1 Å². The number of alkyl halides is 5. The van der Waals surface area contributed by atoms with Crippen LogP contribution in [0.2, 0.25) is 5.02 Å². The van der Waals surface area contributed by atoms with Crippen LogP contribution in [0.15, 0.2) is 66.2 Å². The summed E-state index contributed by atoms with van der Waals surface area (Å²) in [5.74, 6) is -0.902. The number of halogens is 6. The van der Waals surface area contributed by atoms with Crippen LogP contribution in [0.1, 0.15) is 68.5 Å². The molecule has 1 atom stereocenters. The summed E-state index contributed by atoms with van der Waals surface area (Å²) in [5.41, 5.74) is 5.54. The molecule has 12 nitrogen and oxygen atoms in total. The highest BCUT2D eigenvalue weighted by atomic mass is 35.5. The first kappa shape index (κ1) is 37.2. The number of H-pyrrole nitrogens is 1. The van der Waals surface area contributed by atoms with Crippen LogP contribution >= 0.6 is 11.6 Å². The Morgan fingerprint density at radius 1 is 1.16 bits per heavy atom. The molecule has 2 amide bonds. The number of benzene rings is 2. The minimum Gasteiger partial charge on any atom is -0.447 e. The summed E-state index contributed by atoms with van der Waals surface area (Å²) < 4.78 is 73.2. The van der Waals surface area contributed by atoms with Crippen molar-refractivity contribution in [3.05, 3.63) is 77.3 Å². The number of hydrogen-bond donors (Lipinski definition) is 3. The Balaban J connectivity index is 1.55. The summed E-state index contributed by atoms with van der Waals surface area (Å²) in [4.78, 5) is 36.6. The van der Waals surface area contributed by atoms with Gasteiger partial charge in [0.25, 0.3) is 5.91 Å². The molecule has 2 heterocycles. The monoisotopic (exact) mass is 735 g/mol. The van der Waals surface area contributed by atoms with E-state index in [1.54, 1.807) is 12.1 Å². The molecule has 1 fully saturated rings. The van der Waals surface area contributed by atoms with Crippen molar-refractivity contribution in [3.63, 3.8) is 0 Å². The summed E-state index contributed by atoms with van der Waals surface area (Å²) in [7, 11) is 0. The lowest BCUT2D eigenvalue weighted by Gasteiger charge is -2.32. The van der Waals surface area contributed by atoms with E-state index in [9.17, 15) is 31.5 Å². The molecule has 1 aliphatic rings. The van der Waals surface area contributed by atoms with Crippen LogP contribution in [0.5, 0.6) is 0 Å². The van der Waals surface area contributed by atoms with Crippen LogP contribution in [0.4, 0.5) is 26.7 Å². The molecule has 0 saturated heterocycles. The number of guanidine groups is 1. The fourth-order valence-corrected chi connectivity index (χ4v) is 5.15. The Kier molecular flexibility index (Phi) is 10.7. The molecule has 2 aromatic carbocycles. The van der Waals surface area contributed by atoms with Crippen molar-refractivity contribution in [2.75, 3.05) is 13.2 Å². The van der Waals surface area contributed by atoms with Gasteiger partial charge in [-0.3, -0.25) is 19.8 Å². The molecule has 0 bridgehead atoms. The second-order valence-electron chi connectivity index (χ2n) is 13.0. The van der Waals surface area contributed by atoms with E-state index in [0.29, 0.717) is 32.8 Å². The average molecular weight is 736 g/mol. The van der Waals surface area contributed by atoms with Crippen LogP contribution in [-0.4, -0.2) is 72.7 Å². The molecule has 1 saturated carbocycles. The molecule has 0 radical (unpaired) electrons. The standard InChI is InChI=1S/C33H35ClF5N9O3/c1-31(2,33(37,38)39)12-13-41-29(40)48(27(49)20-6-4-19(5-7-20)22-15-44-47(16-22)28(35)36)25(17-51-30(50)45-32(3)10-11-32)21-8-9-24(34)23(14-21)26-42-18-43-46-26/h4-9,14-16,18,25,28H,10-13,17H2,1-3H3,(H2,40,41)(H,45,50)(H,42,43,46)/t25-/m1/s1. The van der Waals surface area contributed by atoms with E-state index in [0.717, 1.165) is 37.8 Å². The van der Waals surface area contributed by atoms with E-state index in [1.807, 2.05) is 6.92 Å². The molecule has 0 spiro atoms. The molecule has 4 N–H and O–H groups in total. The van der Waals surface area contributed by atoms with Crippen LogP contribution in [0.25, 0.3) is 22.5 Å². The highest BCUT2D eigenvalue weighted by Gasteiger charge is 2.46. The number of amides is 2. The number of nitrogens with one attached hydrogen (secondary N) is 2. The van der Waals surface area contributed by atoms with E-state index in [4.69, 9.17) is 22.1 Å². The lowest BCUT2D eigenvalue weighted by Crippen LogP contribution is -2.47. The Morgan fingerprint density at radius 2 is 1.86 bits per heavy atom. The quantitative estimate of drug-likeness (QED) is 0.0793. The number of ether oxygens (including phenoxy) is 1. The SMILES string of the molecule is CC1(NC(=O)OC[C@H](c2ccc(Cl)c(-c3ncn[nH]3)c2)N(C(=O)c2ccc(-c3cnn(C(F)F)c3)cc2)C(N)=NCCC(C)(C)C(F)(F)F)CC1. The number of nitrogens with zero attached hydrogens (tertiary/aromatic N) is 6. The second-order valence-corrected chi connectivity index (χ2v) is 13.4. The third-order valence-corrected chi connectivity index (χ3v) is 8.97. The maximum atomic E-state index is 14.4. The van der Waals surface area contributed by atoms with Crippen LogP contribution in [-0.2, 0) is 4.74 Å². The Hall–Kier alpha value is -5.06. The van der Waals surface area contributed by atoms with Gasteiger partial charge in [0.1, 0.15) is 12.9 Å². The van der Waals surface area contributed by atoms with Crippen molar-refractivity contribution in [3.8, 4) is 22.5 Å². The third-order valence-electron chi connectivity index (χ3n) is 8.64. The van der Waals surface area contributed by atoms with Gasteiger partial charge < -0.3 is 15.8 Å². The average Bonchev–Trinajstić information content (AvgIpc) is 3.44. The predicted molar refractivity (Wildman–Crippen MR) is 178 cm³/mol. The third kappa shape index (κ3) is 8.82. The van der Waals surface area contributed by atoms with E-state index >= 15 is 0 Å². The van der Waals surface area contributed by atoms with Crippen molar-refractivity contribution < 1.29 is 36.3 Å². The molecule has 1 aliphatic carbocycles. The topological polar surface area (TPSA) is 156 Å². The Morgan fingerprint density at radius 3 is 2.45 bits per heavy atom. The van der Waals surface area contributed by atoms with E-state index in [2.05, 4.69) is 30.6 Å². The molecule has 18 heteroatoms. The second kappa shape index (κ2) is 14.7. The Bertz CT molecular complexity index is 1870. The lowest BCUT2D eigenvalue weighted by atomic mass is 9.89. The van der Waals surface area contributed by atoms with Gasteiger partial charge in [-0.25, -0.2) is 14.5 Å². The fraction of sp³-hybridized carbons (Fsp3) is 0.394. The zero-order valence-electron chi connectivity index (χ0n) is 27.7. The minimum absolute atomic E-state index is 0.0538. The van der Waals surface area contributed by atoms with Gasteiger partial charge in [-0.1, -0.05) is 43.6 Å². The maximum Gasteiger partial charge on any atom is 0.407 e. The molecule has 0 aliphatic heterocycles. The number of hydrogen-bond acceptors (Lipinski definition) is 7. The smallest absolute Gasteiger partial charge is 0.407 e. The van der Waals surface area contributed by atoms with Crippen molar-refractivity contribution in [1.82, 2.24) is 35.2 Å². The van der Waals surface area contributed by atoms with Gasteiger partial charge in [0.05, 0.1) is 22.7 Å². The first-order valence-corrected chi connectivity index (χ1v) is 16.1. The first-order valence-electron chi connectivity index (χ1n) is 15.7. The maximum absolute atomic E-state index is 14.4. The summed E-state index contributed by atoms with van der Waals surface area (Å²) in [6, 6.07) is 9.37. The predicted octanol–water partition coefficient (Wildman–Crippen LogP) is 7.14. The number of aliphatic imine (C=N–C) groups is 1. The molecule has 0 unspecified atom stereocenters. The summed E-state index contributed by atoms with van der Waals surface area (Å²) in [5, 5.41) is 13.3. The van der Waals surface area contributed by atoms with E-state index < -0.39 is 67.3 Å². The lowest BCUT2D eigenvalue weighted by molar-refractivity contribution is -0.212. The van der Waals surface area contributed by atoms with Crippen LogP contribution < -0.4 is 11.1 Å². The van der Waals surface area contributed by atoms with Crippen molar-refractivity contribution in [1.29, 1.82) is 0 Å². The van der Waals surface area contributed by atoms with Crippen molar-refractivity contribution in [2.45, 2.75) is 64.3 Å². The molecule has 4 aromatic rings. The van der Waals surface area contributed by atoms with Crippen LogP contribution in [0.3, 0.4) is 0 Å². The highest BCUT2D eigenvalue weighted by molar-refractivity contribution is 6.33. The Labute approximate surface area is 294 Å². The first-order chi connectivity index (χ1) is 24.0. The number of alkyl carbamates (subject to hydrolysis) is 1. The summed E-state index contributed by atoms with van der Waals surface area (Å²) in [6.45, 7) is 0.208. The molecule has 2 aromatic heterocycles. The number of aromatic nitrogens is 5. The van der Waals surface area contributed by atoms with Crippen LogP contribution in [0, 0.1) is 5.41 Å². The van der Waals surface area contributed by atoms with Gasteiger partial charge in [0.2, 0.25) is 0 Å². The molecule has 5 rings (SSSR count). The van der Waals surface area contributed by atoms with Gasteiger partial charge in [0, 0.05) is 35.0 Å². The molecular weight excluding hydrogens is 701 g/mol. The molecule has 272 valence electrons. The number of carbonyl (C=O) groups excluding carboxylic acids is 2. The zero-order chi connectivity index (χ0) is 37.1. The van der Waals surface area contributed by atoms with Gasteiger partial charge in [-0.15, -0.1) is 0 Å². The minimum atomic E-state index is -4.53. The van der Waals surface area contributed by atoms with E-state index in [-0.39, 0.29) is 10.6 Å². The molecule has 51 heavy (non-hydrogen) atoms. The van der Waals surface area contributed by atoms with Gasteiger partial charge in [-0.05, 0) is 61.6 Å². The summed E-state index contributed by atoms with van der Waals surface area (Å²) >= 11 is 6.48. The zero-order valence-corrected chi connectivity index (χ0v) is 28.5. The number of carbonyl (C=O) groups is 2. The number of nitrogens with two attached hydrogens (primary N) is 1. The molecular formula is C33H35ClF5N9O3. The van der Waals surface area contributed by atoms with Crippen molar-refractivity contribution >= 4 is 29.6 Å². The van der Waals surface area contributed by atoms with Gasteiger partial charge in [-0.2, -0.15) is 32.1 Å². The summed E-state index contributed by atoms with van der Waals surface area (Å²) in [6.07, 6.45) is -0.563. The number of rotatable bonds is 12. The highest BCUT2D eigenvalue weighted by Crippen LogP contribution is 2.40.